The van der Waals surface area contributed by atoms with Gasteiger partial charge < -0.3 is 5.32 Å². The molecule has 1 atom stereocenters. The highest BCUT2D eigenvalue weighted by Gasteiger charge is 2.13. The van der Waals surface area contributed by atoms with Crippen molar-refractivity contribution in [1.29, 1.82) is 0 Å². The van der Waals surface area contributed by atoms with E-state index in [0.29, 0.717) is 17.0 Å². The summed E-state index contributed by atoms with van der Waals surface area (Å²) in [5, 5.41) is 3.85. The van der Waals surface area contributed by atoms with Crippen molar-refractivity contribution in [1.82, 2.24) is 5.32 Å². The van der Waals surface area contributed by atoms with E-state index in [1.54, 1.807) is 12.1 Å². The first-order valence-corrected chi connectivity index (χ1v) is 6.24. The topological polar surface area (TPSA) is 12.0 Å². The van der Waals surface area contributed by atoms with Crippen LogP contribution in [0.15, 0.2) is 48.5 Å². The largest absolute Gasteiger partial charge is 0.313 e. The standard InChI is InChI=1S/C15H15ClFN/c1-18-15(13-7-2-3-8-14(13)17)10-11-5-4-6-12(16)9-11/h2-9,15,18H,10H2,1H3. The van der Waals surface area contributed by atoms with Crippen molar-refractivity contribution in [2.24, 2.45) is 0 Å². The van der Waals surface area contributed by atoms with Crippen LogP contribution in [0, 0.1) is 5.82 Å². The van der Waals surface area contributed by atoms with Crippen LogP contribution in [0.4, 0.5) is 4.39 Å². The number of benzene rings is 2. The molecule has 0 saturated heterocycles. The highest BCUT2D eigenvalue weighted by atomic mass is 35.5. The molecule has 0 saturated carbocycles. The minimum atomic E-state index is -0.182. The average molecular weight is 264 g/mol. The Bertz CT molecular complexity index is 527. The summed E-state index contributed by atoms with van der Waals surface area (Å²) in [6.45, 7) is 0. The molecule has 94 valence electrons. The quantitative estimate of drug-likeness (QED) is 0.880. The van der Waals surface area contributed by atoms with E-state index in [1.165, 1.54) is 6.07 Å². The number of halogens is 2. The Morgan fingerprint density at radius 1 is 1.17 bits per heavy atom. The van der Waals surface area contributed by atoms with Gasteiger partial charge >= 0.3 is 0 Å². The van der Waals surface area contributed by atoms with Crippen LogP contribution in [0.3, 0.4) is 0 Å². The average Bonchev–Trinajstić information content (AvgIpc) is 2.37. The van der Waals surface area contributed by atoms with E-state index >= 15 is 0 Å². The van der Waals surface area contributed by atoms with Gasteiger partial charge in [-0.1, -0.05) is 41.9 Å². The summed E-state index contributed by atoms with van der Waals surface area (Å²) in [6.07, 6.45) is 0.706. The molecule has 0 aromatic heterocycles. The maximum atomic E-state index is 13.7. The summed E-state index contributed by atoms with van der Waals surface area (Å²) in [7, 11) is 1.83. The van der Waals surface area contributed by atoms with Crippen LogP contribution >= 0.6 is 11.6 Å². The van der Waals surface area contributed by atoms with Gasteiger partial charge in [0.1, 0.15) is 5.82 Å². The molecule has 0 heterocycles. The fourth-order valence-corrected chi connectivity index (χ4v) is 2.24. The molecule has 0 radical (unpaired) electrons. The molecular formula is C15H15ClFN. The molecule has 2 aromatic rings. The molecular weight excluding hydrogens is 249 g/mol. The number of hydrogen-bond acceptors (Lipinski definition) is 1. The Balaban J connectivity index is 2.23. The molecule has 3 heteroatoms. The van der Waals surface area contributed by atoms with Gasteiger partial charge in [0.25, 0.3) is 0 Å². The second kappa shape index (κ2) is 5.98. The third-order valence-corrected chi connectivity index (χ3v) is 3.19. The molecule has 18 heavy (non-hydrogen) atoms. The fraction of sp³-hybridized carbons (Fsp3) is 0.200. The van der Waals surface area contributed by atoms with Crippen molar-refractivity contribution in [3.63, 3.8) is 0 Å². The van der Waals surface area contributed by atoms with E-state index < -0.39 is 0 Å². The predicted molar refractivity (Wildman–Crippen MR) is 73.4 cm³/mol. The zero-order valence-electron chi connectivity index (χ0n) is 10.2. The molecule has 2 aromatic carbocycles. The lowest BCUT2D eigenvalue weighted by molar-refractivity contribution is 0.534. The molecule has 0 spiro atoms. The molecule has 0 aliphatic carbocycles. The Kier molecular flexibility index (Phi) is 4.34. The van der Waals surface area contributed by atoms with Crippen molar-refractivity contribution < 1.29 is 4.39 Å². The lowest BCUT2D eigenvalue weighted by atomic mass is 9.98. The second-order valence-electron chi connectivity index (χ2n) is 4.20. The third kappa shape index (κ3) is 3.09. The Morgan fingerprint density at radius 3 is 2.61 bits per heavy atom. The van der Waals surface area contributed by atoms with E-state index in [2.05, 4.69) is 5.32 Å². The van der Waals surface area contributed by atoms with E-state index in [-0.39, 0.29) is 11.9 Å². The maximum Gasteiger partial charge on any atom is 0.127 e. The third-order valence-electron chi connectivity index (χ3n) is 2.96. The molecule has 0 aliphatic heterocycles. The Labute approximate surface area is 112 Å². The molecule has 1 unspecified atom stereocenters. The lowest BCUT2D eigenvalue weighted by Crippen LogP contribution is -2.20. The molecule has 1 N–H and O–H groups in total. The molecule has 0 amide bonds. The van der Waals surface area contributed by atoms with Gasteiger partial charge in [0, 0.05) is 16.6 Å². The Morgan fingerprint density at radius 2 is 1.94 bits per heavy atom. The fourth-order valence-electron chi connectivity index (χ4n) is 2.02. The monoisotopic (exact) mass is 263 g/mol. The van der Waals surface area contributed by atoms with E-state index in [9.17, 15) is 4.39 Å². The summed E-state index contributed by atoms with van der Waals surface area (Å²) in [6, 6.07) is 14.4. The van der Waals surface area contributed by atoms with Gasteiger partial charge in [-0.25, -0.2) is 4.39 Å². The normalized spacial score (nSPS) is 12.4. The van der Waals surface area contributed by atoms with Gasteiger partial charge in [0.2, 0.25) is 0 Å². The van der Waals surface area contributed by atoms with Crippen LogP contribution in [0.25, 0.3) is 0 Å². The van der Waals surface area contributed by atoms with Crippen molar-refractivity contribution in [2.75, 3.05) is 7.05 Å². The van der Waals surface area contributed by atoms with Gasteiger partial charge in [-0.15, -0.1) is 0 Å². The Hall–Kier alpha value is -1.38. The van der Waals surface area contributed by atoms with Crippen molar-refractivity contribution >= 4 is 11.6 Å². The van der Waals surface area contributed by atoms with Gasteiger partial charge in [0.15, 0.2) is 0 Å². The minimum absolute atomic E-state index is 0.0512. The van der Waals surface area contributed by atoms with Crippen LogP contribution in [0.5, 0.6) is 0 Å². The van der Waals surface area contributed by atoms with E-state index in [1.807, 2.05) is 37.4 Å². The van der Waals surface area contributed by atoms with Gasteiger partial charge in [-0.05, 0) is 37.2 Å². The number of rotatable bonds is 4. The lowest BCUT2D eigenvalue weighted by Gasteiger charge is -2.17. The van der Waals surface area contributed by atoms with E-state index in [0.717, 1.165) is 5.56 Å². The van der Waals surface area contributed by atoms with Gasteiger partial charge in [-0.3, -0.25) is 0 Å². The first-order valence-electron chi connectivity index (χ1n) is 5.87. The molecule has 1 nitrogen and oxygen atoms in total. The molecule has 0 aliphatic rings. The highest BCUT2D eigenvalue weighted by Crippen LogP contribution is 2.22. The zero-order valence-corrected chi connectivity index (χ0v) is 10.9. The number of likely N-dealkylation sites (N-methyl/N-ethyl adjacent to an activating group) is 1. The van der Waals surface area contributed by atoms with Crippen molar-refractivity contribution in [3.8, 4) is 0 Å². The summed E-state index contributed by atoms with van der Waals surface area (Å²) < 4.78 is 13.7. The van der Waals surface area contributed by atoms with E-state index in [4.69, 9.17) is 11.6 Å². The van der Waals surface area contributed by atoms with Gasteiger partial charge in [-0.2, -0.15) is 0 Å². The predicted octanol–water partition coefficient (Wildman–Crippen LogP) is 3.98. The molecule has 0 bridgehead atoms. The molecule has 2 rings (SSSR count). The second-order valence-corrected chi connectivity index (χ2v) is 4.63. The summed E-state index contributed by atoms with van der Waals surface area (Å²) in [4.78, 5) is 0. The SMILES string of the molecule is CNC(Cc1cccc(Cl)c1)c1ccccc1F. The minimum Gasteiger partial charge on any atom is -0.313 e. The first-order chi connectivity index (χ1) is 8.70. The maximum absolute atomic E-state index is 13.7. The first kappa shape index (κ1) is 13.1. The molecule has 0 fully saturated rings. The number of hydrogen-bond donors (Lipinski definition) is 1. The van der Waals surface area contributed by atoms with Crippen LogP contribution in [-0.4, -0.2) is 7.05 Å². The summed E-state index contributed by atoms with van der Waals surface area (Å²) >= 11 is 5.95. The van der Waals surface area contributed by atoms with Crippen LogP contribution in [-0.2, 0) is 6.42 Å². The van der Waals surface area contributed by atoms with Crippen molar-refractivity contribution in [2.45, 2.75) is 12.5 Å². The van der Waals surface area contributed by atoms with Crippen LogP contribution < -0.4 is 5.32 Å². The summed E-state index contributed by atoms with van der Waals surface area (Å²) in [5.41, 5.74) is 1.77. The number of nitrogens with one attached hydrogen (secondary N) is 1. The summed E-state index contributed by atoms with van der Waals surface area (Å²) in [5.74, 6) is -0.182. The van der Waals surface area contributed by atoms with Crippen LogP contribution in [0.1, 0.15) is 17.2 Å². The van der Waals surface area contributed by atoms with Crippen molar-refractivity contribution in [3.05, 3.63) is 70.5 Å². The highest BCUT2D eigenvalue weighted by molar-refractivity contribution is 6.30. The smallest absolute Gasteiger partial charge is 0.127 e. The zero-order chi connectivity index (χ0) is 13.0. The van der Waals surface area contributed by atoms with Crippen LogP contribution in [0.2, 0.25) is 5.02 Å². The van der Waals surface area contributed by atoms with Gasteiger partial charge in [0.05, 0.1) is 0 Å².